The first-order valence-corrected chi connectivity index (χ1v) is 11.5. The van der Waals surface area contributed by atoms with E-state index in [0.29, 0.717) is 24.1 Å². The molecule has 0 aliphatic heterocycles. The van der Waals surface area contributed by atoms with Gasteiger partial charge in [-0.1, -0.05) is 60.3 Å². The summed E-state index contributed by atoms with van der Waals surface area (Å²) in [5.74, 6) is 0.444. The molecule has 6 nitrogen and oxygen atoms in total. The Hall–Kier alpha value is -3.13. The highest BCUT2D eigenvalue weighted by molar-refractivity contribution is 7.99. The molecule has 0 saturated heterocycles. The van der Waals surface area contributed by atoms with Crippen LogP contribution in [0.5, 0.6) is 5.75 Å². The lowest BCUT2D eigenvalue weighted by Gasteiger charge is -2.16. The average molecular weight is 453 g/mol. The summed E-state index contributed by atoms with van der Waals surface area (Å²) in [6.07, 6.45) is 3.89. The van der Waals surface area contributed by atoms with Gasteiger partial charge in [0.25, 0.3) is 0 Å². The average Bonchev–Trinajstić information content (AvgIpc) is 3.52. The third kappa shape index (κ3) is 5.19. The minimum absolute atomic E-state index is 0.0467. The van der Waals surface area contributed by atoms with Gasteiger partial charge in [0, 0.05) is 18.5 Å². The van der Waals surface area contributed by atoms with Gasteiger partial charge < -0.3 is 10.1 Å². The summed E-state index contributed by atoms with van der Waals surface area (Å²) in [6, 6.07) is 16.5. The molecule has 0 unspecified atom stereocenters. The maximum atomic E-state index is 13.8. The van der Waals surface area contributed by atoms with Crippen LogP contribution in [-0.4, -0.2) is 33.0 Å². The molecular weight excluding hydrogens is 427 g/mol. The summed E-state index contributed by atoms with van der Waals surface area (Å²) >= 11 is 1.31. The van der Waals surface area contributed by atoms with Crippen molar-refractivity contribution in [3.63, 3.8) is 0 Å². The van der Waals surface area contributed by atoms with E-state index in [9.17, 15) is 9.18 Å². The van der Waals surface area contributed by atoms with Crippen LogP contribution in [0.25, 0.3) is 0 Å². The number of benzene rings is 2. The molecule has 8 heteroatoms. The molecule has 32 heavy (non-hydrogen) atoms. The molecule has 1 aromatic heterocycles. The van der Waals surface area contributed by atoms with Gasteiger partial charge in [0.05, 0.1) is 5.75 Å². The standard InChI is InChI=1S/C24H25FN4O2S/c1-2-14-29-21(15-31-20-11-7-6-10-19(20)25)27-28-23(29)32-16-22(30)26-17-24(12-13-24)18-8-4-3-5-9-18/h2-11H,1,12-17H2,(H,26,30). The number of carbonyl (C=O) groups is 1. The minimum atomic E-state index is -0.433. The molecule has 1 N–H and O–H groups in total. The Morgan fingerprint density at radius 1 is 1.19 bits per heavy atom. The minimum Gasteiger partial charge on any atom is -0.483 e. The number of aromatic nitrogens is 3. The monoisotopic (exact) mass is 452 g/mol. The Kier molecular flexibility index (Phi) is 6.90. The van der Waals surface area contributed by atoms with Crippen LogP contribution < -0.4 is 10.1 Å². The summed E-state index contributed by atoms with van der Waals surface area (Å²) in [5.41, 5.74) is 1.35. The molecule has 0 bridgehead atoms. The van der Waals surface area contributed by atoms with E-state index in [1.807, 2.05) is 22.8 Å². The molecule has 2 aromatic carbocycles. The van der Waals surface area contributed by atoms with E-state index >= 15 is 0 Å². The fourth-order valence-corrected chi connectivity index (χ4v) is 4.30. The van der Waals surface area contributed by atoms with Crippen LogP contribution in [0.1, 0.15) is 24.2 Å². The number of rotatable bonds is 11. The largest absolute Gasteiger partial charge is 0.483 e. The van der Waals surface area contributed by atoms with Crippen LogP contribution in [0.4, 0.5) is 4.39 Å². The molecular formula is C24H25FN4O2S. The van der Waals surface area contributed by atoms with Crippen LogP contribution in [0.2, 0.25) is 0 Å². The topological polar surface area (TPSA) is 69.0 Å². The number of para-hydroxylation sites is 1. The van der Waals surface area contributed by atoms with Crippen molar-refractivity contribution in [3.8, 4) is 5.75 Å². The van der Waals surface area contributed by atoms with Gasteiger partial charge in [-0.2, -0.15) is 0 Å². The Bertz CT molecular complexity index is 1080. The van der Waals surface area contributed by atoms with Crippen LogP contribution in [0.3, 0.4) is 0 Å². The number of ether oxygens (including phenoxy) is 1. The van der Waals surface area contributed by atoms with Gasteiger partial charge >= 0.3 is 0 Å². The van der Waals surface area contributed by atoms with Crippen molar-refractivity contribution in [2.24, 2.45) is 0 Å². The van der Waals surface area contributed by atoms with Crippen molar-refractivity contribution >= 4 is 17.7 Å². The second kappa shape index (κ2) is 9.99. The molecule has 0 spiro atoms. The first-order chi connectivity index (χ1) is 15.6. The van der Waals surface area contributed by atoms with Gasteiger partial charge in [0.1, 0.15) is 6.61 Å². The normalized spacial score (nSPS) is 14.0. The van der Waals surface area contributed by atoms with Crippen LogP contribution in [0.15, 0.2) is 72.4 Å². The van der Waals surface area contributed by atoms with Gasteiger partial charge in [-0.15, -0.1) is 16.8 Å². The predicted molar refractivity (Wildman–Crippen MR) is 122 cm³/mol. The highest BCUT2D eigenvalue weighted by Gasteiger charge is 2.44. The summed E-state index contributed by atoms with van der Waals surface area (Å²) in [5, 5.41) is 12.0. The Morgan fingerprint density at radius 2 is 1.94 bits per heavy atom. The molecule has 1 fully saturated rings. The molecule has 4 rings (SSSR count). The summed E-state index contributed by atoms with van der Waals surface area (Å²) in [4.78, 5) is 12.5. The molecule has 166 valence electrons. The quantitative estimate of drug-likeness (QED) is 0.350. The molecule has 3 aromatic rings. The smallest absolute Gasteiger partial charge is 0.230 e. The SMILES string of the molecule is C=CCn1c(COc2ccccc2F)nnc1SCC(=O)NCC1(c2ccccc2)CC1. The number of nitrogens with zero attached hydrogens (tertiary/aromatic N) is 3. The van der Waals surface area contributed by atoms with E-state index in [1.165, 1.54) is 23.4 Å². The first kappa shape index (κ1) is 22.1. The summed E-state index contributed by atoms with van der Waals surface area (Å²) < 4.78 is 21.2. The van der Waals surface area contributed by atoms with E-state index in [4.69, 9.17) is 4.74 Å². The van der Waals surface area contributed by atoms with Gasteiger partial charge in [-0.05, 0) is 30.5 Å². The van der Waals surface area contributed by atoms with Crippen molar-refractivity contribution in [3.05, 3.63) is 84.5 Å². The Labute approximate surface area is 190 Å². The second-order valence-electron chi connectivity index (χ2n) is 7.73. The Balaban J connectivity index is 1.32. The number of amides is 1. The van der Waals surface area contributed by atoms with E-state index in [-0.39, 0.29) is 29.4 Å². The zero-order chi connectivity index (χ0) is 22.4. The van der Waals surface area contributed by atoms with Gasteiger partial charge in [0.2, 0.25) is 5.91 Å². The molecule has 0 atom stereocenters. The van der Waals surface area contributed by atoms with Gasteiger partial charge in [-0.25, -0.2) is 4.39 Å². The summed E-state index contributed by atoms with van der Waals surface area (Å²) in [6.45, 7) is 4.93. The number of carbonyl (C=O) groups excluding carboxylic acids is 1. The van der Waals surface area contributed by atoms with Crippen molar-refractivity contribution in [2.45, 2.75) is 36.6 Å². The van der Waals surface area contributed by atoms with E-state index in [1.54, 1.807) is 24.3 Å². The number of allylic oxidation sites excluding steroid dienone is 1. The van der Waals surface area contributed by atoms with E-state index < -0.39 is 5.82 Å². The molecule has 0 radical (unpaired) electrons. The Morgan fingerprint density at radius 3 is 2.66 bits per heavy atom. The lowest BCUT2D eigenvalue weighted by Crippen LogP contribution is -2.33. The number of nitrogens with one attached hydrogen (secondary N) is 1. The maximum absolute atomic E-state index is 13.8. The van der Waals surface area contributed by atoms with Crippen LogP contribution >= 0.6 is 11.8 Å². The number of halogens is 1. The zero-order valence-electron chi connectivity index (χ0n) is 17.7. The van der Waals surface area contributed by atoms with E-state index in [2.05, 4.69) is 34.2 Å². The maximum Gasteiger partial charge on any atom is 0.230 e. The number of hydrogen-bond donors (Lipinski definition) is 1. The molecule has 1 amide bonds. The first-order valence-electron chi connectivity index (χ1n) is 10.5. The van der Waals surface area contributed by atoms with Gasteiger partial charge in [0.15, 0.2) is 22.5 Å². The lowest BCUT2D eigenvalue weighted by molar-refractivity contribution is -0.118. The highest BCUT2D eigenvalue weighted by Crippen LogP contribution is 2.47. The van der Waals surface area contributed by atoms with E-state index in [0.717, 1.165) is 12.8 Å². The molecule has 1 aliphatic carbocycles. The van der Waals surface area contributed by atoms with Crippen molar-refractivity contribution in [1.82, 2.24) is 20.1 Å². The third-order valence-corrected chi connectivity index (χ3v) is 6.46. The third-order valence-electron chi connectivity index (χ3n) is 5.49. The fraction of sp³-hybridized carbons (Fsp3) is 0.292. The van der Waals surface area contributed by atoms with Gasteiger partial charge in [-0.3, -0.25) is 9.36 Å². The fourth-order valence-electron chi connectivity index (χ4n) is 3.51. The van der Waals surface area contributed by atoms with Crippen molar-refractivity contribution in [1.29, 1.82) is 0 Å². The molecule has 1 saturated carbocycles. The zero-order valence-corrected chi connectivity index (χ0v) is 18.5. The second-order valence-corrected chi connectivity index (χ2v) is 8.67. The number of thioether (sulfide) groups is 1. The highest BCUT2D eigenvalue weighted by atomic mass is 32.2. The van der Waals surface area contributed by atoms with Crippen molar-refractivity contribution < 1.29 is 13.9 Å². The molecule has 1 heterocycles. The number of hydrogen-bond acceptors (Lipinski definition) is 5. The van der Waals surface area contributed by atoms with Crippen LogP contribution in [-0.2, 0) is 23.4 Å². The summed E-state index contributed by atoms with van der Waals surface area (Å²) in [7, 11) is 0. The molecule has 1 aliphatic rings. The van der Waals surface area contributed by atoms with Crippen LogP contribution in [0, 0.1) is 5.82 Å². The lowest BCUT2D eigenvalue weighted by atomic mass is 9.96. The predicted octanol–water partition coefficient (Wildman–Crippen LogP) is 4.12. The van der Waals surface area contributed by atoms with Crippen molar-refractivity contribution in [2.75, 3.05) is 12.3 Å².